The van der Waals surface area contributed by atoms with Crippen molar-refractivity contribution in [2.75, 3.05) is 5.32 Å². The summed E-state index contributed by atoms with van der Waals surface area (Å²) in [6.45, 7) is 0. The number of aliphatic hydroxyl groups is 2. The molecule has 0 bridgehead atoms. The molecule has 5 rings (SSSR count). The second-order valence-electron chi connectivity index (χ2n) is 7.45. The van der Waals surface area contributed by atoms with Crippen LogP contribution in [0, 0.1) is 0 Å². The van der Waals surface area contributed by atoms with Crippen LogP contribution in [0.4, 0.5) is 11.4 Å². The summed E-state index contributed by atoms with van der Waals surface area (Å²) in [6, 6.07) is 22.3. The molecule has 140 valence electrons. The van der Waals surface area contributed by atoms with Crippen LogP contribution in [0.15, 0.2) is 72.9 Å². The molecular formula is C24H22N2O2. The molecule has 0 saturated heterocycles. The monoisotopic (exact) mass is 370 g/mol. The number of anilines is 2. The molecule has 1 aliphatic carbocycles. The minimum absolute atomic E-state index is 0.516. The van der Waals surface area contributed by atoms with Crippen molar-refractivity contribution < 1.29 is 10.2 Å². The standard InChI is InChI=1S/C24H22N2O2/c27-24(28)20-12-17(15-6-7-15)8-10-23(20)26-18-9-11-22-19(13-18)21(14-25-22)16-4-2-1-3-5-16/h1-5,8-15,24-28H,6-7H2. The minimum Gasteiger partial charge on any atom is -0.364 e. The predicted octanol–water partition coefficient (Wildman–Crippen LogP) is 5.44. The quantitative estimate of drug-likeness (QED) is 0.354. The van der Waals surface area contributed by atoms with E-state index in [0.29, 0.717) is 11.5 Å². The van der Waals surface area contributed by atoms with E-state index < -0.39 is 6.29 Å². The maximum atomic E-state index is 9.85. The SMILES string of the molecule is OC(O)c1cc(C2CC2)ccc1Nc1ccc2[nH]cc(-c3ccccc3)c2c1. The summed E-state index contributed by atoms with van der Waals surface area (Å²) in [5.74, 6) is 0.566. The van der Waals surface area contributed by atoms with Crippen LogP contribution >= 0.6 is 0 Å². The molecule has 4 heteroatoms. The Balaban J connectivity index is 1.52. The van der Waals surface area contributed by atoms with Gasteiger partial charge in [0.05, 0.1) is 0 Å². The number of fused-ring (bicyclic) bond motifs is 1. The number of aromatic amines is 1. The molecule has 1 fully saturated rings. The van der Waals surface area contributed by atoms with E-state index in [1.807, 2.05) is 48.7 Å². The fraction of sp³-hybridized carbons (Fsp3) is 0.167. The molecule has 1 aromatic heterocycles. The van der Waals surface area contributed by atoms with E-state index in [9.17, 15) is 10.2 Å². The van der Waals surface area contributed by atoms with E-state index >= 15 is 0 Å². The Labute approximate surface area is 163 Å². The first kappa shape index (κ1) is 17.0. The summed E-state index contributed by atoms with van der Waals surface area (Å²) < 4.78 is 0. The highest BCUT2D eigenvalue weighted by molar-refractivity contribution is 5.97. The van der Waals surface area contributed by atoms with Crippen LogP contribution in [-0.2, 0) is 0 Å². The minimum atomic E-state index is -1.50. The third-order valence-corrected chi connectivity index (χ3v) is 5.45. The predicted molar refractivity (Wildman–Crippen MR) is 113 cm³/mol. The third-order valence-electron chi connectivity index (χ3n) is 5.45. The van der Waals surface area contributed by atoms with Crippen molar-refractivity contribution in [1.82, 2.24) is 4.98 Å². The lowest BCUT2D eigenvalue weighted by Crippen LogP contribution is -2.02. The molecule has 4 nitrogen and oxygen atoms in total. The molecule has 1 heterocycles. The number of H-pyrrole nitrogens is 1. The summed E-state index contributed by atoms with van der Waals surface area (Å²) in [5.41, 5.74) is 6.69. The lowest BCUT2D eigenvalue weighted by Gasteiger charge is -2.15. The van der Waals surface area contributed by atoms with E-state index in [0.717, 1.165) is 33.4 Å². The molecule has 4 N–H and O–H groups in total. The van der Waals surface area contributed by atoms with Crippen LogP contribution in [0.3, 0.4) is 0 Å². The first-order valence-electron chi connectivity index (χ1n) is 9.62. The summed E-state index contributed by atoms with van der Waals surface area (Å²) in [6.07, 6.45) is 2.88. The lowest BCUT2D eigenvalue weighted by atomic mass is 10.0. The van der Waals surface area contributed by atoms with Crippen molar-refractivity contribution in [1.29, 1.82) is 0 Å². The summed E-state index contributed by atoms with van der Waals surface area (Å²) in [4.78, 5) is 3.33. The van der Waals surface area contributed by atoms with Crippen molar-refractivity contribution >= 4 is 22.3 Å². The zero-order chi connectivity index (χ0) is 19.1. The Hall–Kier alpha value is -3.08. The molecule has 0 atom stereocenters. The molecular weight excluding hydrogens is 348 g/mol. The molecule has 0 aliphatic heterocycles. The largest absolute Gasteiger partial charge is 0.364 e. The van der Waals surface area contributed by atoms with Crippen molar-refractivity contribution in [3.63, 3.8) is 0 Å². The van der Waals surface area contributed by atoms with Crippen molar-refractivity contribution in [2.24, 2.45) is 0 Å². The van der Waals surface area contributed by atoms with Gasteiger partial charge in [0.1, 0.15) is 0 Å². The highest BCUT2D eigenvalue weighted by Gasteiger charge is 2.25. The first-order valence-corrected chi connectivity index (χ1v) is 9.62. The molecule has 28 heavy (non-hydrogen) atoms. The van der Waals surface area contributed by atoms with Gasteiger partial charge in [-0.1, -0.05) is 36.4 Å². The van der Waals surface area contributed by atoms with Crippen molar-refractivity contribution in [3.05, 3.63) is 84.1 Å². The van der Waals surface area contributed by atoms with E-state index in [1.165, 1.54) is 18.4 Å². The van der Waals surface area contributed by atoms with E-state index in [-0.39, 0.29) is 0 Å². The van der Waals surface area contributed by atoms with Crippen LogP contribution in [0.1, 0.15) is 36.2 Å². The van der Waals surface area contributed by atoms with Gasteiger partial charge in [-0.25, -0.2) is 0 Å². The van der Waals surface area contributed by atoms with Gasteiger partial charge in [-0.15, -0.1) is 0 Å². The van der Waals surface area contributed by atoms with E-state index in [4.69, 9.17) is 0 Å². The third kappa shape index (κ3) is 3.17. The van der Waals surface area contributed by atoms with Gasteiger partial charge < -0.3 is 20.5 Å². The number of aromatic nitrogens is 1. The normalized spacial score (nSPS) is 14.0. The molecule has 1 saturated carbocycles. The molecule has 0 spiro atoms. The topological polar surface area (TPSA) is 68.3 Å². The maximum absolute atomic E-state index is 9.85. The molecule has 0 unspecified atom stereocenters. The maximum Gasteiger partial charge on any atom is 0.180 e. The number of hydrogen-bond donors (Lipinski definition) is 4. The Morgan fingerprint density at radius 2 is 1.75 bits per heavy atom. The highest BCUT2D eigenvalue weighted by atomic mass is 16.5. The van der Waals surface area contributed by atoms with E-state index in [2.05, 4.69) is 34.6 Å². The second-order valence-corrected chi connectivity index (χ2v) is 7.45. The Morgan fingerprint density at radius 3 is 2.50 bits per heavy atom. The first-order chi connectivity index (χ1) is 13.7. The average molecular weight is 370 g/mol. The Morgan fingerprint density at radius 1 is 0.929 bits per heavy atom. The van der Waals surface area contributed by atoms with Gasteiger partial charge in [0, 0.05) is 39.6 Å². The van der Waals surface area contributed by atoms with Gasteiger partial charge in [0.2, 0.25) is 0 Å². The molecule has 1 aliphatic rings. The fourth-order valence-electron chi connectivity index (χ4n) is 3.79. The van der Waals surface area contributed by atoms with Crippen LogP contribution in [-0.4, -0.2) is 15.2 Å². The Bertz CT molecular complexity index is 1130. The Kier molecular flexibility index (Phi) is 4.15. The van der Waals surface area contributed by atoms with Gasteiger partial charge in [0.15, 0.2) is 6.29 Å². The van der Waals surface area contributed by atoms with Gasteiger partial charge in [-0.3, -0.25) is 0 Å². The fourth-order valence-corrected chi connectivity index (χ4v) is 3.79. The summed E-state index contributed by atoms with van der Waals surface area (Å²) >= 11 is 0. The zero-order valence-corrected chi connectivity index (χ0v) is 15.4. The number of nitrogens with one attached hydrogen (secondary N) is 2. The molecule has 3 aromatic carbocycles. The van der Waals surface area contributed by atoms with Gasteiger partial charge in [0.25, 0.3) is 0 Å². The molecule has 0 amide bonds. The molecule has 0 radical (unpaired) electrons. The van der Waals surface area contributed by atoms with Crippen LogP contribution in [0.25, 0.3) is 22.0 Å². The number of benzene rings is 3. The van der Waals surface area contributed by atoms with Crippen molar-refractivity contribution in [2.45, 2.75) is 25.0 Å². The van der Waals surface area contributed by atoms with E-state index in [1.54, 1.807) is 0 Å². The number of hydrogen-bond acceptors (Lipinski definition) is 3. The zero-order valence-electron chi connectivity index (χ0n) is 15.4. The molecule has 4 aromatic rings. The smallest absolute Gasteiger partial charge is 0.180 e. The van der Waals surface area contributed by atoms with Gasteiger partial charge in [-0.05, 0) is 60.2 Å². The van der Waals surface area contributed by atoms with Gasteiger partial charge >= 0.3 is 0 Å². The van der Waals surface area contributed by atoms with Crippen LogP contribution in [0.5, 0.6) is 0 Å². The second kappa shape index (κ2) is 6.82. The summed E-state index contributed by atoms with van der Waals surface area (Å²) in [7, 11) is 0. The summed E-state index contributed by atoms with van der Waals surface area (Å²) in [5, 5.41) is 24.2. The number of aliphatic hydroxyl groups excluding tert-OH is 1. The van der Waals surface area contributed by atoms with Gasteiger partial charge in [-0.2, -0.15) is 0 Å². The highest BCUT2D eigenvalue weighted by Crippen LogP contribution is 2.42. The van der Waals surface area contributed by atoms with Crippen LogP contribution < -0.4 is 5.32 Å². The average Bonchev–Trinajstić information content (AvgIpc) is 3.48. The van der Waals surface area contributed by atoms with Crippen molar-refractivity contribution in [3.8, 4) is 11.1 Å². The number of rotatable bonds is 5. The van der Waals surface area contributed by atoms with Crippen LogP contribution in [0.2, 0.25) is 0 Å². The lowest BCUT2D eigenvalue weighted by molar-refractivity contribution is -0.0419.